The van der Waals surface area contributed by atoms with Crippen LogP contribution in [0.25, 0.3) is 10.8 Å². The number of carbonyl (C=O) groups is 1. The molecule has 0 amide bonds. The molecule has 0 saturated carbocycles. The lowest BCUT2D eigenvalue weighted by Gasteiger charge is -2.12. The molecule has 3 N–H and O–H groups in total. The highest BCUT2D eigenvalue weighted by atomic mass is 35.5. The number of benzene rings is 2. The standard InChI is InChI=1S/C15H17NO3S.C5H5ClOS.C4H10.C3H8/c1-16-12-9-13(20-8-7-14(17)19-2)15(18)11-6-4-3-5-10(11)12;1-3-2-4(7)5(6)8-3;1-3-4-2;1-3-2/h3-6,9,16,18H,7-8H2,1-2H3;2,7H,1H3;3-4H2,1-2H3;3H2,1-2H3. The minimum atomic E-state index is -0.244. The highest BCUT2D eigenvalue weighted by Crippen LogP contribution is 2.39. The van der Waals surface area contributed by atoms with Crippen molar-refractivity contribution in [1.29, 1.82) is 0 Å². The van der Waals surface area contributed by atoms with Gasteiger partial charge in [0.05, 0.1) is 18.4 Å². The Morgan fingerprint density at radius 2 is 1.66 bits per heavy atom. The number of rotatable bonds is 6. The molecule has 8 heteroatoms. The molecule has 0 bridgehead atoms. The number of thiophene rings is 1. The van der Waals surface area contributed by atoms with Crippen LogP contribution in [0.15, 0.2) is 41.3 Å². The lowest BCUT2D eigenvalue weighted by molar-refractivity contribution is -0.140. The van der Waals surface area contributed by atoms with Gasteiger partial charge in [0.25, 0.3) is 0 Å². The summed E-state index contributed by atoms with van der Waals surface area (Å²) in [5.74, 6) is 0.775. The average molecular weight is 542 g/mol. The summed E-state index contributed by atoms with van der Waals surface area (Å²) in [6.45, 7) is 10.5. The van der Waals surface area contributed by atoms with Crippen molar-refractivity contribution < 1.29 is 19.7 Å². The molecular weight excluding hydrogens is 502 g/mol. The summed E-state index contributed by atoms with van der Waals surface area (Å²) in [5.41, 5.74) is 0.957. The van der Waals surface area contributed by atoms with Crippen molar-refractivity contribution in [2.75, 3.05) is 25.2 Å². The fraction of sp³-hybridized carbons (Fsp3) is 0.444. The minimum Gasteiger partial charge on any atom is -0.506 e. The van der Waals surface area contributed by atoms with Gasteiger partial charge in [-0.15, -0.1) is 23.1 Å². The number of methoxy groups -OCH3 is 1. The van der Waals surface area contributed by atoms with Gasteiger partial charge in [0.2, 0.25) is 0 Å². The van der Waals surface area contributed by atoms with E-state index in [1.807, 2.05) is 44.3 Å². The molecule has 3 aromatic rings. The molecule has 1 heterocycles. The van der Waals surface area contributed by atoms with Gasteiger partial charge in [-0.1, -0.05) is 82.8 Å². The molecule has 0 aliphatic carbocycles. The van der Waals surface area contributed by atoms with Gasteiger partial charge in [0.15, 0.2) is 0 Å². The zero-order valence-corrected chi connectivity index (χ0v) is 24.3. The highest BCUT2D eigenvalue weighted by Gasteiger charge is 2.11. The molecule has 2 aromatic carbocycles. The number of unbranched alkanes of at least 4 members (excludes halogenated alkanes) is 1. The summed E-state index contributed by atoms with van der Waals surface area (Å²) >= 11 is 8.33. The Balaban J connectivity index is 0.000000631. The quantitative estimate of drug-likeness (QED) is 0.164. The SMILES string of the molecule is CCC.CCCC.CNc1cc(SCCC(=O)OC)c(O)c2ccccc12.Cc1cc(O)c(Cl)s1. The van der Waals surface area contributed by atoms with Gasteiger partial charge in [-0.25, -0.2) is 0 Å². The zero-order valence-electron chi connectivity index (χ0n) is 21.9. The van der Waals surface area contributed by atoms with E-state index in [2.05, 4.69) is 37.7 Å². The van der Waals surface area contributed by atoms with Gasteiger partial charge in [0.1, 0.15) is 15.8 Å². The first kappa shape index (κ1) is 32.9. The van der Waals surface area contributed by atoms with Gasteiger partial charge >= 0.3 is 5.97 Å². The number of anilines is 1. The molecular formula is C27H40ClNO4S2. The highest BCUT2D eigenvalue weighted by molar-refractivity contribution is 7.99. The Morgan fingerprint density at radius 1 is 1.09 bits per heavy atom. The summed E-state index contributed by atoms with van der Waals surface area (Å²) in [6, 6.07) is 11.2. The fourth-order valence-corrected chi connectivity index (χ4v) is 4.44. The predicted molar refractivity (Wildman–Crippen MR) is 155 cm³/mol. The van der Waals surface area contributed by atoms with Crippen LogP contribution in [-0.2, 0) is 9.53 Å². The van der Waals surface area contributed by atoms with Crippen LogP contribution >= 0.6 is 34.7 Å². The molecule has 5 nitrogen and oxygen atoms in total. The number of carbonyl (C=O) groups excluding carboxylic acids is 1. The van der Waals surface area contributed by atoms with Crippen molar-refractivity contribution >= 4 is 57.1 Å². The molecule has 0 spiro atoms. The van der Waals surface area contributed by atoms with Crippen molar-refractivity contribution in [1.82, 2.24) is 0 Å². The number of halogens is 1. The number of aryl methyl sites for hydroxylation is 1. The molecule has 0 saturated heterocycles. The summed E-state index contributed by atoms with van der Waals surface area (Å²) in [4.78, 5) is 12.9. The second kappa shape index (κ2) is 19.1. The molecule has 0 radical (unpaired) electrons. The van der Waals surface area contributed by atoms with E-state index in [1.165, 1.54) is 49.5 Å². The van der Waals surface area contributed by atoms with E-state index >= 15 is 0 Å². The Kier molecular flexibility index (Phi) is 18.0. The van der Waals surface area contributed by atoms with Crippen LogP contribution in [-0.4, -0.2) is 36.1 Å². The third-order valence-corrected chi connectivity index (χ3v) is 6.62. The molecule has 1 aromatic heterocycles. The minimum absolute atomic E-state index is 0.189. The van der Waals surface area contributed by atoms with Crippen LogP contribution in [0, 0.1) is 6.92 Å². The third-order valence-electron chi connectivity index (χ3n) is 4.33. The van der Waals surface area contributed by atoms with Crippen LogP contribution in [0.1, 0.15) is 58.3 Å². The van der Waals surface area contributed by atoms with E-state index in [4.69, 9.17) is 16.7 Å². The number of ether oxygens (including phenoxy) is 1. The first-order chi connectivity index (χ1) is 16.7. The molecule has 0 aliphatic rings. The Labute approximate surface area is 223 Å². The van der Waals surface area contributed by atoms with E-state index in [1.54, 1.807) is 6.07 Å². The topological polar surface area (TPSA) is 78.8 Å². The molecule has 0 atom stereocenters. The maximum absolute atomic E-state index is 11.1. The van der Waals surface area contributed by atoms with Crippen LogP contribution < -0.4 is 5.32 Å². The molecule has 0 fully saturated rings. The number of phenolic OH excluding ortho intramolecular Hbond substituents is 1. The first-order valence-electron chi connectivity index (χ1n) is 11.8. The summed E-state index contributed by atoms with van der Waals surface area (Å²) in [5, 5.41) is 24.1. The normalized spacial score (nSPS) is 9.60. The smallest absolute Gasteiger partial charge is 0.306 e. The number of hydrogen-bond acceptors (Lipinski definition) is 7. The van der Waals surface area contributed by atoms with Gasteiger partial charge in [0, 0.05) is 34.1 Å². The van der Waals surface area contributed by atoms with E-state index in [0.29, 0.717) is 16.5 Å². The largest absolute Gasteiger partial charge is 0.506 e. The van der Waals surface area contributed by atoms with Crippen LogP contribution in [0.5, 0.6) is 11.5 Å². The van der Waals surface area contributed by atoms with Crippen molar-refractivity contribution in [2.45, 2.75) is 65.2 Å². The maximum Gasteiger partial charge on any atom is 0.306 e. The Hall–Kier alpha value is -2.09. The lowest BCUT2D eigenvalue weighted by Crippen LogP contribution is -2.01. The van der Waals surface area contributed by atoms with Gasteiger partial charge in [-0.2, -0.15) is 0 Å². The van der Waals surface area contributed by atoms with Crippen LogP contribution in [0.2, 0.25) is 4.34 Å². The van der Waals surface area contributed by atoms with Crippen LogP contribution in [0.3, 0.4) is 0 Å². The van der Waals surface area contributed by atoms with Crippen molar-refractivity contribution in [3.63, 3.8) is 0 Å². The van der Waals surface area contributed by atoms with Gasteiger partial charge in [-0.05, 0) is 19.1 Å². The van der Waals surface area contributed by atoms with Crippen molar-refractivity contribution in [3.05, 3.63) is 45.6 Å². The summed E-state index contributed by atoms with van der Waals surface area (Å²) < 4.78 is 5.08. The lowest BCUT2D eigenvalue weighted by atomic mass is 10.1. The second-order valence-corrected chi connectivity index (χ2v) is 10.5. The number of thioether (sulfide) groups is 1. The van der Waals surface area contributed by atoms with Gasteiger partial charge < -0.3 is 20.3 Å². The Bertz CT molecular complexity index is 987. The van der Waals surface area contributed by atoms with E-state index in [-0.39, 0.29) is 17.5 Å². The van der Waals surface area contributed by atoms with Crippen molar-refractivity contribution in [3.8, 4) is 11.5 Å². The number of hydrogen-bond donors (Lipinski definition) is 3. The molecule has 0 aliphatic heterocycles. The van der Waals surface area contributed by atoms with Gasteiger partial charge in [-0.3, -0.25) is 4.79 Å². The molecule has 0 unspecified atom stereocenters. The molecule has 35 heavy (non-hydrogen) atoms. The number of fused-ring (bicyclic) bond motifs is 1. The maximum atomic E-state index is 11.1. The number of esters is 1. The second-order valence-electron chi connectivity index (χ2n) is 7.46. The number of aromatic hydroxyl groups is 2. The summed E-state index contributed by atoms with van der Waals surface area (Å²) in [7, 11) is 3.22. The summed E-state index contributed by atoms with van der Waals surface area (Å²) in [6.07, 6.45) is 4.21. The van der Waals surface area contributed by atoms with E-state index in [0.717, 1.165) is 26.2 Å². The fourth-order valence-electron chi connectivity index (χ4n) is 2.47. The number of phenols is 1. The van der Waals surface area contributed by atoms with E-state index < -0.39 is 0 Å². The monoisotopic (exact) mass is 541 g/mol. The molecule has 3 rings (SSSR count). The van der Waals surface area contributed by atoms with Crippen molar-refractivity contribution in [2.24, 2.45) is 0 Å². The van der Waals surface area contributed by atoms with E-state index in [9.17, 15) is 9.90 Å². The molecule has 196 valence electrons. The number of nitrogens with one attached hydrogen (secondary N) is 1. The average Bonchev–Trinajstić information content (AvgIpc) is 3.15. The third kappa shape index (κ3) is 12.4. The zero-order chi connectivity index (χ0) is 26.8. The van der Waals surface area contributed by atoms with Crippen LogP contribution in [0.4, 0.5) is 5.69 Å². The first-order valence-corrected chi connectivity index (χ1v) is 13.9. The Morgan fingerprint density at radius 3 is 2.06 bits per heavy atom. The predicted octanol–water partition coefficient (Wildman–Crippen LogP) is 8.88.